The molecule has 0 atom stereocenters. The molecule has 0 heterocycles. The van der Waals surface area contributed by atoms with Gasteiger partial charge in [0, 0.05) is 12.2 Å². The van der Waals surface area contributed by atoms with Crippen LogP contribution >= 0.6 is 0 Å². The van der Waals surface area contributed by atoms with Gasteiger partial charge in [-0.3, -0.25) is 0 Å². The Labute approximate surface area is 100 Å². The van der Waals surface area contributed by atoms with Gasteiger partial charge in [-0.15, -0.1) is 0 Å². The van der Waals surface area contributed by atoms with Gasteiger partial charge >= 0.3 is 6.03 Å². The van der Waals surface area contributed by atoms with Gasteiger partial charge in [-0.1, -0.05) is 6.92 Å². The summed E-state index contributed by atoms with van der Waals surface area (Å²) in [6.45, 7) is 2.65. The van der Waals surface area contributed by atoms with E-state index in [0.717, 1.165) is 6.42 Å². The number of nitrogens with zero attached hydrogens (tertiary/aromatic N) is 1. The number of rotatable bonds is 5. The van der Waals surface area contributed by atoms with Crippen LogP contribution in [-0.2, 0) is 0 Å². The van der Waals surface area contributed by atoms with E-state index in [-0.39, 0.29) is 12.6 Å². The number of amides is 2. The Kier molecular flexibility index (Phi) is 5.38. The van der Waals surface area contributed by atoms with Crippen LogP contribution < -0.4 is 15.4 Å². The molecule has 0 saturated heterocycles. The highest BCUT2D eigenvalue weighted by Crippen LogP contribution is 2.15. The molecular weight excluding hydrogens is 218 g/mol. The molecule has 1 aromatic carbocycles. The molecule has 0 aromatic heterocycles. The number of urea groups is 1. The summed E-state index contributed by atoms with van der Waals surface area (Å²) in [5.41, 5.74) is 0.683. The minimum absolute atomic E-state index is 0.0176. The highest BCUT2D eigenvalue weighted by molar-refractivity contribution is 5.89. The maximum atomic E-state index is 11.3. The SMILES string of the molecule is CCCNC(=O)Nc1ccc(OCC#N)cc1. The molecule has 0 bridgehead atoms. The molecule has 1 aromatic rings. The lowest BCUT2D eigenvalue weighted by Gasteiger charge is -2.07. The van der Waals surface area contributed by atoms with Gasteiger partial charge in [0.2, 0.25) is 0 Å². The zero-order valence-electron chi connectivity index (χ0n) is 9.69. The number of nitrogens with one attached hydrogen (secondary N) is 2. The first-order valence-electron chi connectivity index (χ1n) is 5.41. The van der Waals surface area contributed by atoms with Crippen LogP contribution in [0.2, 0.25) is 0 Å². The van der Waals surface area contributed by atoms with Gasteiger partial charge in [0.25, 0.3) is 0 Å². The Bertz CT molecular complexity index is 395. The van der Waals surface area contributed by atoms with E-state index in [1.54, 1.807) is 24.3 Å². The molecule has 0 fully saturated rings. The van der Waals surface area contributed by atoms with Gasteiger partial charge in [0.05, 0.1) is 0 Å². The second-order valence-electron chi connectivity index (χ2n) is 3.35. The monoisotopic (exact) mass is 233 g/mol. The second-order valence-corrected chi connectivity index (χ2v) is 3.35. The largest absolute Gasteiger partial charge is 0.479 e. The summed E-state index contributed by atoms with van der Waals surface area (Å²) in [6.07, 6.45) is 0.897. The summed E-state index contributed by atoms with van der Waals surface area (Å²) >= 11 is 0. The average Bonchev–Trinajstić information content (AvgIpc) is 2.35. The Morgan fingerprint density at radius 3 is 2.71 bits per heavy atom. The topological polar surface area (TPSA) is 74.2 Å². The van der Waals surface area contributed by atoms with Crippen LogP contribution in [-0.4, -0.2) is 19.2 Å². The summed E-state index contributed by atoms with van der Waals surface area (Å²) in [5.74, 6) is 0.603. The van der Waals surface area contributed by atoms with Crippen molar-refractivity contribution in [1.82, 2.24) is 5.32 Å². The van der Waals surface area contributed by atoms with Crippen LogP contribution in [0.25, 0.3) is 0 Å². The van der Waals surface area contributed by atoms with Crippen LogP contribution in [0.5, 0.6) is 5.75 Å². The fourth-order valence-electron chi connectivity index (χ4n) is 1.16. The summed E-state index contributed by atoms with van der Waals surface area (Å²) in [4.78, 5) is 11.3. The Morgan fingerprint density at radius 2 is 2.12 bits per heavy atom. The van der Waals surface area contributed by atoms with E-state index in [2.05, 4.69) is 10.6 Å². The number of ether oxygens (including phenoxy) is 1. The van der Waals surface area contributed by atoms with Crippen LogP contribution in [0.3, 0.4) is 0 Å². The van der Waals surface area contributed by atoms with E-state index in [1.165, 1.54) is 0 Å². The lowest BCUT2D eigenvalue weighted by atomic mass is 10.3. The normalized spacial score (nSPS) is 9.18. The first-order chi connectivity index (χ1) is 8.26. The molecule has 5 heteroatoms. The van der Waals surface area contributed by atoms with Crippen molar-refractivity contribution in [2.75, 3.05) is 18.5 Å². The van der Waals surface area contributed by atoms with Gasteiger partial charge in [-0.25, -0.2) is 4.79 Å². The van der Waals surface area contributed by atoms with E-state index >= 15 is 0 Å². The number of hydrogen-bond donors (Lipinski definition) is 2. The van der Waals surface area contributed by atoms with Crippen molar-refractivity contribution in [1.29, 1.82) is 5.26 Å². The van der Waals surface area contributed by atoms with Crippen LogP contribution in [0.15, 0.2) is 24.3 Å². The zero-order chi connectivity index (χ0) is 12.5. The van der Waals surface area contributed by atoms with Crippen LogP contribution in [0.1, 0.15) is 13.3 Å². The molecule has 1 rings (SSSR count). The molecule has 17 heavy (non-hydrogen) atoms. The minimum Gasteiger partial charge on any atom is -0.479 e. The molecule has 0 saturated carbocycles. The van der Waals surface area contributed by atoms with Gasteiger partial charge in [-0.05, 0) is 30.7 Å². The fourth-order valence-corrected chi connectivity index (χ4v) is 1.16. The number of carbonyl (C=O) groups excluding carboxylic acids is 1. The van der Waals surface area contributed by atoms with Crippen molar-refractivity contribution in [3.05, 3.63) is 24.3 Å². The summed E-state index contributed by atoms with van der Waals surface area (Å²) in [6, 6.07) is 8.50. The first-order valence-corrected chi connectivity index (χ1v) is 5.41. The molecule has 5 nitrogen and oxygen atoms in total. The van der Waals surface area contributed by atoms with Gasteiger partial charge in [0.1, 0.15) is 11.8 Å². The highest BCUT2D eigenvalue weighted by atomic mass is 16.5. The Balaban J connectivity index is 2.45. The Morgan fingerprint density at radius 1 is 1.41 bits per heavy atom. The molecule has 90 valence electrons. The second kappa shape index (κ2) is 7.12. The molecule has 2 N–H and O–H groups in total. The third-order valence-electron chi connectivity index (χ3n) is 1.95. The zero-order valence-corrected chi connectivity index (χ0v) is 9.69. The number of benzene rings is 1. The van der Waals surface area contributed by atoms with Crippen molar-refractivity contribution < 1.29 is 9.53 Å². The third kappa shape index (κ3) is 4.89. The lowest BCUT2D eigenvalue weighted by molar-refractivity contribution is 0.252. The van der Waals surface area contributed by atoms with E-state index in [0.29, 0.717) is 18.0 Å². The third-order valence-corrected chi connectivity index (χ3v) is 1.95. The predicted octanol–water partition coefficient (Wildman–Crippen LogP) is 2.12. The predicted molar refractivity (Wildman–Crippen MR) is 64.9 cm³/mol. The van der Waals surface area contributed by atoms with Gasteiger partial charge in [-0.2, -0.15) is 5.26 Å². The van der Waals surface area contributed by atoms with E-state index in [1.807, 2.05) is 13.0 Å². The molecule has 0 radical (unpaired) electrons. The summed E-state index contributed by atoms with van der Waals surface area (Å²) in [7, 11) is 0. The molecule has 0 aliphatic rings. The maximum absolute atomic E-state index is 11.3. The van der Waals surface area contributed by atoms with Crippen LogP contribution in [0, 0.1) is 11.3 Å². The molecule has 0 aliphatic heterocycles. The highest BCUT2D eigenvalue weighted by Gasteiger charge is 2.00. The quantitative estimate of drug-likeness (QED) is 0.818. The van der Waals surface area contributed by atoms with E-state index in [9.17, 15) is 4.79 Å². The smallest absolute Gasteiger partial charge is 0.319 e. The molecule has 0 aliphatic carbocycles. The number of carbonyl (C=O) groups is 1. The van der Waals surface area contributed by atoms with Crippen molar-refractivity contribution in [3.63, 3.8) is 0 Å². The number of nitriles is 1. The van der Waals surface area contributed by atoms with Crippen molar-refractivity contribution in [2.45, 2.75) is 13.3 Å². The molecule has 0 unspecified atom stereocenters. The van der Waals surface area contributed by atoms with E-state index < -0.39 is 0 Å². The molecule has 2 amide bonds. The average molecular weight is 233 g/mol. The van der Waals surface area contributed by atoms with E-state index in [4.69, 9.17) is 10.00 Å². The van der Waals surface area contributed by atoms with Crippen LogP contribution in [0.4, 0.5) is 10.5 Å². The molecule has 0 spiro atoms. The fraction of sp³-hybridized carbons (Fsp3) is 0.333. The van der Waals surface area contributed by atoms with Crippen molar-refractivity contribution in [3.8, 4) is 11.8 Å². The van der Waals surface area contributed by atoms with Gasteiger partial charge < -0.3 is 15.4 Å². The minimum atomic E-state index is -0.224. The van der Waals surface area contributed by atoms with Crippen molar-refractivity contribution in [2.24, 2.45) is 0 Å². The summed E-state index contributed by atoms with van der Waals surface area (Å²) in [5, 5.41) is 13.7. The van der Waals surface area contributed by atoms with Crippen molar-refractivity contribution >= 4 is 11.7 Å². The number of anilines is 1. The first kappa shape index (κ1) is 12.8. The standard InChI is InChI=1S/C12H15N3O2/c1-2-8-14-12(16)15-10-3-5-11(6-4-10)17-9-7-13/h3-6H,2,8-9H2,1H3,(H2,14,15,16). The number of hydrogen-bond acceptors (Lipinski definition) is 3. The Hall–Kier alpha value is -2.22. The lowest BCUT2D eigenvalue weighted by Crippen LogP contribution is -2.29. The van der Waals surface area contributed by atoms with Gasteiger partial charge in [0.15, 0.2) is 6.61 Å². The molecular formula is C12H15N3O2. The summed E-state index contributed by atoms with van der Waals surface area (Å²) < 4.78 is 5.09. The maximum Gasteiger partial charge on any atom is 0.319 e.